The van der Waals surface area contributed by atoms with Gasteiger partial charge >= 0.3 is 0 Å². The minimum Gasteiger partial charge on any atom is -0.486 e. The van der Waals surface area contributed by atoms with Crippen LogP contribution in [0.5, 0.6) is 5.75 Å². The third kappa shape index (κ3) is 2.91. The van der Waals surface area contributed by atoms with Gasteiger partial charge in [0.25, 0.3) is 0 Å². The zero-order chi connectivity index (χ0) is 13.1. The highest BCUT2D eigenvalue weighted by Gasteiger charge is 2.06. The van der Waals surface area contributed by atoms with Crippen LogP contribution in [0.4, 0.5) is 0 Å². The zero-order valence-corrected chi connectivity index (χ0v) is 11.9. The molecule has 96 valence electrons. The van der Waals surface area contributed by atoms with Crippen LogP contribution < -0.4 is 4.74 Å². The van der Waals surface area contributed by atoms with Gasteiger partial charge in [-0.25, -0.2) is 0 Å². The number of aryl methyl sites for hydroxylation is 2. The Morgan fingerprint density at radius 1 is 1.39 bits per heavy atom. The summed E-state index contributed by atoms with van der Waals surface area (Å²) in [5.74, 6) is 0.756. The summed E-state index contributed by atoms with van der Waals surface area (Å²) in [7, 11) is 1.90. The fraction of sp³-hybridized carbons (Fsp3) is 0.308. The minimum atomic E-state index is 0.0276. The molecule has 2 aromatic rings. The topological polar surface area (TPSA) is 47.3 Å². The van der Waals surface area contributed by atoms with Crippen molar-refractivity contribution >= 4 is 15.9 Å². The second kappa shape index (κ2) is 5.54. The molecule has 4 nitrogen and oxygen atoms in total. The van der Waals surface area contributed by atoms with E-state index < -0.39 is 0 Å². The lowest BCUT2D eigenvalue weighted by molar-refractivity contribution is 0.279. The van der Waals surface area contributed by atoms with Gasteiger partial charge in [-0.05, 0) is 46.6 Å². The number of aromatic nitrogens is 2. The Morgan fingerprint density at radius 2 is 2.17 bits per heavy atom. The second-order valence-electron chi connectivity index (χ2n) is 4.11. The number of hydrogen-bond acceptors (Lipinski definition) is 3. The predicted octanol–water partition coefficient (Wildman–Crippen LogP) is 2.56. The molecule has 0 aliphatic carbocycles. The number of hydrogen-bond donors (Lipinski definition) is 1. The summed E-state index contributed by atoms with van der Waals surface area (Å²) in [5, 5.41) is 13.3. The molecule has 0 bridgehead atoms. The van der Waals surface area contributed by atoms with Crippen LogP contribution >= 0.6 is 15.9 Å². The molecule has 0 atom stereocenters. The first-order valence-electron chi connectivity index (χ1n) is 5.61. The molecule has 1 aromatic carbocycles. The van der Waals surface area contributed by atoms with Crippen LogP contribution in [0.15, 0.2) is 28.7 Å². The van der Waals surface area contributed by atoms with Gasteiger partial charge in [0.1, 0.15) is 12.4 Å². The summed E-state index contributed by atoms with van der Waals surface area (Å²) in [6.45, 7) is 2.45. The van der Waals surface area contributed by atoms with E-state index in [4.69, 9.17) is 9.84 Å². The molecule has 1 aromatic heterocycles. The molecule has 5 heteroatoms. The lowest BCUT2D eigenvalue weighted by Crippen LogP contribution is -2.03. The Balaban J connectivity index is 2.08. The summed E-state index contributed by atoms with van der Waals surface area (Å²) in [6.07, 6.45) is 0. The van der Waals surface area contributed by atoms with Crippen molar-refractivity contribution in [2.45, 2.75) is 20.1 Å². The van der Waals surface area contributed by atoms with Gasteiger partial charge < -0.3 is 9.84 Å². The lowest BCUT2D eigenvalue weighted by Gasteiger charge is -2.09. The van der Waals surface area contributed by atoms with E-state index in [9.17, 15) is 0 Å². The highest BCUT2D eigenvalue weighted by Crippen LogP contribution is 2.26. The summed E-state index contributed by atoms with van der Waals surface area (Å²) in [5.41, 5.74) is 2.85. The van der Waals surface area contributed by atoms with Crippen LogP contribution in [0.2, 0.25) is 0 Å². The Kier molecular flexibility index (Phi) is 4.04. The molecule has 0 aliphatic rings. The van der Waals surface area contributed by atoms with Gasteiger partial charge in [-0.15, -0.1) is 0 Å². The average Bonchev–Trinajstić information content (AvgIpc) is 2.66. The molecule has 0 fully saturated rings. The van der Waals surface area contributed by atoms with Crippen LogP contribution in [0.1, 0.15) is 17.0 Å². The normalized spacial score (nSPS) is 10.7. The lowest BCUT2D eigenvalue weighted by atomic mass is 10.2. The standard InChI is InChI=1S/C13H15BrN2O2/c1-9-5-11(16(2)15-9)8-18-13-4-3-10(7-17)6-12(13)14/h3-6,17H,7-8H2,1-2H3. The molecule has 0 aliphatic heterocycles. The first-order chi connectivity index (χ1) is 8.60. The van der Waals surface area contributed by atoms with Gasteiger partial charge in [0.05, 0.1) is 22.5 Å². The maximum absolute atomic E-state index is 9.03. The maximum Gasteiger partial charge on any atom is 0.134 e. The van der Waals surface area contributed by atoms with Gasteiger partial charge in [-0.1, -0.05) is 6.07 Å². The SMILES string of the molecule is Cc1cc(COc2ccc(CO)cc2Br)n(C)n1. The molecule has 1 heterocycles. The number of benzene rings is 1. The number of aliphatic hydroxyl groups excluding tert-OH is 1. The predicted molar refractivity (Wildman–Crippen MR) is 72.3 cm³/mol. The first kappa shape index (κ1) is 13.1. The van der Waals surface area contributed by atoms with E-state index in [1.54, 1.807) is 0 Å². The van der Waals surface area contributed by atoms with Crippen LogP contribution in [-0.4, -0.2) is 14.9 Å². The van der Waals surface area contributed by atoms with E-state index in [0.717, 1.165) is 27.2 Å². The summed E-state index contributed by atoms with van der Waals surface area (Å²) in [4.78, 5) is 0. The van der Waals surface area contributed by atoms with E-state index in [1.165, 1.54) is 0 Å². The molecule has 0 unspecified atom stereocenters. The van der Waals surface area contributed by atoms with E-state index in [1.807, 2.05) is 42.9 Å². The van der Waals surface area contributed by atoms with Crippen LogP contribution in [0.3, 0.4) is 0 Å². The molecule has 0 radical (unpaired) electrons. The fourth-order valence-electron chi connectivity index (χ4n) is 1.71. The maximum atomic E-state index is 9.03. The van der Waals surface area contributed by atoms with Crippen molar-refractivity contribution in [1.82, 2.24) is 9.78 Å². The number of nitrogens with zero attached hydrogens (tertiary/aromatic N) is 2. The second-order valence-corrected chi connectivity index (χ2v) is 4.97. The number of aliphatic hydroxyl groups is 1. The Labute approximate surface area is 114 Å². The van der Waals surface area contributed by atoms with Crippen molar-refractivity contribution in [1.29, 1.82) is 0 Å². The molecule has 0 spiro atoms. The smallest absolute Gasteiger partial charge is 0.134 e. The summed E-state index contributed by atoms with van der Waals surface area (Å²) in [6, 6.07) is 7.53. The van der Waals surface area contributed by atoms with Crippen LogP contribution in [0, 0.1) is 6.92 Å². The monoisotopic (exact) mass is 310 g/mol. The van der Waals surface area contributed by atoms with E-state index in [0.29, 0.717) is 6.61 Å². The van der Waals surface area contributed by atoms with Gasteiger partial charge in [0.15, 0.2) is 0 Å². The Bertz CT molecular complexity index is 552. The summed E-state index contributed by atoms with van der Waals surface area (Å²) >= 11 is 3.43. The van der Waals surface area contributed by atoms with Crippen LogP contribution in [-0.2, 0) is 20.3 Å². The summed E-state index contributed by atoms with van der Waals surface area (Å²) < 4.78 is 8.38. The Hall–Kier alpha value is -1.33. The number of rotatable bonds is 4. The molecule has 0 amide bonds. The Morgan fingerprint density at radius 3 is 2.72 bits per heavy atom. The van der Waals surface area contributed by atoms with Gasteiger partial charge in [0.2, 0.25) is 0 Å². The quantitative estimate of drug-likeness (QED) is 0.944. The molecule has 0 saturated carbocycles. The van der Waals surface area contributed by atoms with Crippen molar-refractivity contribution in [3.63, 3.8) is 0 Å². The highest BCUT2D eigenvalue weighted by molar-refractivity contribution is 9.10. The van der Waals surface area contributed by atoms with E-state index in [-0.39, 0.29) is 6.61 Å². The largest absolute Gasteiger partial charge is 0.486 e. The van der Waals surface area contributed by atoms with E-state index >= 15 is 0 Å². The third-order valence-electron chi connectivity index (χ3n) is 2.65. The van der Waals surface area contributed by atoms with Crippen molar-refractivity contribution in [3.05, 3.63) is 45.7 Å². The van der Waals surface area contributed by atoms with Gasteiger partial charge in [-0.2, -0.15) is 5.10 Å². The van der Waals surface area contributed by atoms with Crippen LogP contribution in [0.25, 0.3) is 0 Å². The zero-order valence-electron chi connectivity index (χ0n) is 10.4. The number of halogens is 1. The van der Waals surface area contributed by atoms with E-state index in [2.05, 4.69) is 21.0 Å². The molecule has 0 saturated heterocycles. The third-order valence-corrected chi connectivity index (χ3v) is 3.27. The van der Waals surface area contributed by atoms with Crippen molar-refractivity contribution in [3.8, 4) is 5.75 Å². The molecular formula is C13H15BrN2O2. The molecule has 2 rings (SSSR count). The van der Waals surface area contributed by atoms with Gasteiger partial charge in [0, 0.05) is 7.05 Å². The fourth-order valence-corrected chi connectivity index (χ4v) is 2.25. The number of ether oxygens (including phenoxy) is 1. The minimum absolute atomic E-state index is 0.0276. The van der Waals surface area contributed by atoms with Crippen molar-refractivity contribution in [2.24, 2.45) is 7.05 Å². The average molecular weight is 311 g/mol. The van der Waals surface area contributed by atoms with Gasteiger partial charge in [-0.3, -0.25) is 4.68 Å². The molecule has 1 N–H and O–H groups in total. The molecular weight excluding hydrogens is 296 g/mol. The highest BCUT2D eigenvalue weighted by atomic mass is 79.9. The first-order valence-corrected chi connectivity index (χ1v) is 6.41. The van der Waals surface area contributed by atoms with Crippen molar-refractivity contribution < 1.29 is 9.84 Å². The molecule has 18 heavy (non-hydrogen) atoms. The van der Waals surface area contributed by atoms with Crippen molar-refractivity contribution in [2.75, 3.05) is 0 Å².